The van der Waals surface area contributed by atoms with Gasteiger partial charge in [0.15, 0.2) is 0 Å². The van der Waals surface area contributed by atoms with Crippen molar-refractivity contribution in [2.45, 2.75) is 31.7 Å². The van der Waals surface area contributed by atoms with Gasteiger partial charge in [-0.3, -0.25) is 10.1 Å². The monoisotopic (exact) mass is 364 g/mol. The molecule has 0 aliphatic heterocycles. The fourth-order valence-corrected chi connectivity index (χ4v) is 3.73. The smallest absolute Gasteiger partial charge is 0.272 e. The second-order valence-electron chi connectivity index (χ2n) is 5.55. The summed E-state index contributed by atoms with van der Waals surface area (Å²) in [5.41, 5.74) is 0.934. The van der Waals surface area contributed by atoms with E-state index in [0.717, 1.165) is 5.56 Å². The summed E-state index contributed by atoms with van der Waals surface area (Å²) in [5.74, 6) is 0.664. The highest BCUT2D eigenvalue weighted by molar-refractivity contribution is 7.89. The third-order valence-electron chi connectivity index (χ3n) is 3.68. The molecule has 1 N–H and O–H groups in total. The molecule has 0 amide bonds. The van der Waals surface area contributed by atoms with Crippen molar-refractivity contribution in [1.29, 1.82) is 0 Å². The Labute approximate surface area is 146 Å². The minimum Gasteiger partial charge on any atom is -0.494 e. The minimum atomic E-state index is -3.81. The van der Waals surface area contributed by atoms with Crippen molar-refractivity contribution in [2.24, 2.45) is 0 Å². The highest BCUT2D eigenvalue weighted by Gasteiger charge is 2.21. The molecule has 1 atom stereocenters. The molecule has 0 saturated heterocycles. The van der Waals surface area contributed by atoms with Gasteiger partial charge in [0.05, 0.1) is 16.4 Å². The number of nitrogens with zero attached hydrogens (tertiary/aromatic N) is 1. The molecule has 2 rings (SSSR count). The van der Waals surface area contributed by atoms with Crippen LogP contribution in [0.15, 0.2) is 47.4 Å². The van der Waals surface area contributed by atoms with E-state index in [-0.39, 0.29) is 10.6 Å². The second-order valence-corrected chi connectivity index (χ2v) is 7.27. The van der Waals surface area contributed by atoms with Crippen LogP contribution in [0.25, 0.3) is 0 Å². The molecule has 2 aromatic rings. The zero-order valence-electron chi connectivity index (χ0n) is 14.2. The van der Waals surface area contributed by atoms with Crippen LogP contribution in [0.4, 0.5) is 5.69 Å². The lowest BCUT2D eigenvalue weighted by Crippen LogP contribution is -2.27. The Kier molecular flexibility index (Phi) is 5.76. The summed E-state index contributed by atoms with van der Waals surface area (Å²) in [4.78, 5) is 10.3. The molecule has 25 heavy (non-hydrogen) atoms. The molecular weight excluding hydrogens is 344 g/mol. The standard InChI is InChI=1S/C17H20N2O5S/c1-4-24-15-7-5-6-14(11-15)13(3)18-25(22,23)16-8-9-17(19(20)21)12(2)10-16/h5-11,13,18H,4H2,1-3H3. The van der Waals surface area contributed by atoms with Gasteiger partial charge < -0.3 is 4.74 Å². The summed E-state index contributed by atoms with van der Waals surface area (Å²) in [5, 5.41) is 10.9. The molecule has 0 heterocycles. The Bertz CT molecular complexity index is 880. The van der Waals surface area contributed by atoms with Crippen LogP contribution >= 0.6 is 0 Å². The van der Waals surface area contributed by atoms with E-state index >= 15 is 0 Å². The van der Waals surface area contributed by atoms with E-state index in [9.17, 15) is 18.5 Å². The lowest BCUT2D eigenvalue weighted by atomic mass is 10.1. The molecule has 7 nitrogen and oxygen atoms in total. The van der Waals surface area contributed by atoms with Crippen LogP contribution in [-0.4, -0.2) is 19.9 Å². The van der Waals surface area contributed by atoms with Gasteiger partial charge in [-0.1, -0.05) is 12.1 Å². The molecule has 0 saturated carbocycles. The normalized spacial score (nSPS) is 12.6. The predicted molar refractivity (Wildman–Crippen MR) is 94.2 cm³/mol. The van der Waals surface area contributed by atoms with Crippen LogP contribution in [0, 0.1) is 17.0 Å². The van der Waals surface area contributed by atoms with Crippen LogP contribution in [0.3, 0.4) is 0 Å². The lowest BCUT2D eigenvalue weighted by Gasteiger charge is -2.16. The van der Waals surface area contributed by atoms with Gasteiger partial charge >= 0.3 is 0 Å². The van der Waals surface area contributed by atoms with E-state index in [1.54, 1.807) is 31.2 Å². The SMILES string of the molecule is CCOc1cccc(C(C)NS(=O)(=O)c2ccc([N+](=O)[O-])c(C)c2)c1. The van der Waals surface area contributed by atoms with Crippen molar-refractivity contribution >= 4 is 15.7 Å². The van der Waals surface area contributed by atoms with Crippen molar-refractivity contribution in [3.05, 3.63) is 63.7 Å². The van der Waals surface area contributed by atoms with Gasteiger partial charge in [-0.05, 0) is 50.6 Å². The number of hydrogen-bond donors (Lipinski definition) is 1. The Balaban J connectivity index is 2.24. The number of aryl methyl sites for hydroxylation is 1. The molecule has 0 fully saturated rings. The summed E-state index contributed by atoms with van der Waals surface area (Å²) < 4.78 is 33.1. The third kappa shape index (κ3) is 4.55. The van der Waals surface area contributed by atoms with E-state index in [1.807, 2.05) is 6.92 Å². The zero-order chi connectivity index (χ0) is 18.6. The largest absolute Gasteiger partial charge is 0.494 e. The maximum Gasteiger partial charge on any atom is 0.272 e. The number of nitro benzene ring substituents is 1. The van der Waals surface area contributed by atoms with Crippen LogP contribution < -0.4 is 9.46 Å². The van der Waals surface area contributed by atoms with Gasteiger partial charge in [0, 0.05) is 17.7 Å². The Hall–Kier alpha value is -2.45. The average Bonchev–Trinajstić information content (AvgIpc) is 2.54. The van der Waals surface area contributed by atoms with Gasteiger partial charge in [0.1, 0.15) is 5.75 Å². The molecule has 0 radical (unpaired) electrons. The molecule has 2 aromatic carbocycles. The Morgan fingerprint density at radius 3 is 2.56 bits per heavy atom. The zero-order valence-corrected chi connectivity index (χ0v) is 15.0. The average molecular weight is 364 g/mol. The highest BCUT2D eigenvalue weighted by atomic mass is 32.2. The third-order valence-corrected chi connectivity index (χ3v) is 5.21. The van der Waals surface area contributed by atoms with Crippen molar-refractivity contribution in [3.8, 4) is 5.75 Å². The summed E-state index contributed by atoms with van der Waals surface area (Å²) in [6.07, 6.45) is 0. The molecule has 0 aliphatic rings. The number of sulfonamides is 1. The Morgan fingerprint density at radius 2 is 1.96 bits per heavy atom. The van der Waals surface area contributed by atoms with Crippen molar-refractivity contribution < 1.29 is 18.1 Å². The number of rotatable bonds is 7. The molecule has 1 unspecified atom stereocenters. The fraction of sp³-hybridized carbons (Fsp3) is 0.294. The first-order valence-corrected chi connectivity index (χ1v) is 9.23. The van der Waals surface area contributed by atoms with E-state index < -0.39 is 21.0 Å². The number of benzene rings is 2. The van der Waals surface area contributed by atoms with Crippen molar-refractivity contribution in [3.63, 3.8) is 0 Å². The molecule has 0 spiro atoms. The molecule has 0 aliphatic carbocycles. The van der Waals surface area contributed by atoms with Crippen LogP contribution in [-0.2, 0) is 10.0 Å². The summed E-state index contributed by atoms with van der Waals surface area (Å²) in [6.45, 7) is 5.62. The Morgan fingerprint density at radius 1 is 1.24 bits per heavy atom. The van der Waals surface area contributed by atoms with Gasteiger partial charge in [-0.25, -0.2) is 13.1 Å². The predicted octanol–water partition coefficient (Wildman–Crippen LogP) is 3.34. The van der Waals surface area contributed by atoms with Crippen molar-refractivity contribution in [1.82, 2.24) is 4.72 Å². The first-order chi connectivity index (χ1) is 11.7. The van der Waals surface area contributed by atoms with Crippen LogP contribution in [0.5, 0.6) is 5.75 Å². The van der Waals surface area contributed by atoms with Crippen LogP contribution in [0.1, 0.15) is 31.0 Å². The first-order valence-electron chi connectivity index (χ1n) is 7.74. The lowest BCUT2D eigenvalue weighted by molar-refractivity contribution is -0.385. The second kappa shape index (κ2) is 7.62. The first kappa shape index (κ1) is 18.9. The van der Waals surface area contributed by atoms with Crippen molar-refractivity contribution in [2.75, 3.05) is 6.61 Å². The molecule has 0 aromatic heterocycles. The highest BCUT2D eigenvalue weighted by Crippen LogP contribution is 2.24. The maximum atomic E-state index is 12.5. The van der Waals surface area contributed by atoms with Gasteiger partial charge in [-0.15, -0.1) is 0 Å². The van der Waals surface area contributed by atoms with Crippen LogP contribution in [0.2, 0.25) is 0 Å². The molecule has 0 bridgehead atoms. The number of ether oxygens (including phenoxy) is 1. The molecule has 134 valence electrons. The fourth-order valence-electron chi connectivity index (χ4n) is 2.41. The molecule has 8 heteroatoms. The van der Waals surface area contributed by atoms with Gasteiger partial charge in [0.2, 0.25) is 10.0 Å². The summed E-state index contributed by atoms with van der Waals surface area (Å²) in [6, 6.07) is 10.4. The quantitative estimate of drug-likeness (QED) is 0.600. The summed E-state index contributed by atoms with van der Waals surface area (Å²) in [7, 11) is -3.81. The topological polar surface area (TPSA) is 98.5 Å². The molecular formula is C17H20N2O5S. The van der Waals surface area contributed by atoms with E-state index in [2.05, 4.69) is 4.72 Å². The number of hydrogen-bond acceptors (Lipinski definition) is 5. The van der Waals surface area contributed by atoms with E-state index in [1.165, 1.54) is 25.1 Å². The summed E-state index contributed by atoms with van der Waals surface area (Å²) >= 11 is 0. The number of nitro groups is 1. The minimum absolute atomic E-state index is 0.0107. The van der Waals surface area contributed by atoms with E-state index in [4.69, 9.17) is 4.74 Å². The van der Waals surface area contributed by atoms with Gasteiger partial charge in [0.25, 0.3) is 5.69 Å². The maximum absolute atomic E-state index is 12.5. The number of nitrogens with one attached hydrogen (secondary N) is 1. The van der Waals surface area contributed by atoms with Gasteiger partial charge in [-0.2, -0.15) is 0 Å². The van der Waals surface area contributed by atoms with E-state index in [0.29, 0.717) is 17.9 Å².